The summed E-state index contributed by atoms with van der Waals surface area (Å²) in [6, 6.07) is 7.63. The third-order valence-electron chi connectivity index (χ3n) is 4.40. The van der Waals surface area contributed by atoms with Crippen molar-refractivity contribution in [3.05, 3.63) is 29.3 Å². The molecule has 2 aliphatic rings. The van der Waals surface area contributed by atoms with Crippen LogP contribution in [0.15, 0.2) is 18.2 Å². The standard InChI is InChI=1S/C15H23N3/c1-18-8-6-13(7-9-18)17-15-5-2-11-10-12(16)3-4-14(11)15/h3-4,10,13,15,17H,2,5-9,16H2,1H3. The van der Waals surface area contributed by atoms with Crippen LogP contribution in [0, 0.1) is 0 Å². The molecule has 0 radical (unpaired) electrons. The Morgan fingerprint density at radius 3 is 2.78 bits per heavy atom. The zero-order valence-corrected chi connectivity index (χ0v) is 11.2. The van der Waals surface area contributed by atoms with Crippen LogP contribution in [0.25, 0.3) is 0 Å². The number of rotatable bonds is 2. The summed E-state index contributed by atoms with van der Waals surface area (Å²) in [4.78, 5) is 2.42. The summed E-state index contributed by atoms with van der Waals surface area (Å²) in [5, 5.41) is 3.85. The molecule has 1 unspecified atom stereocenters. The lowest BCUT2D eigenvalue weighted by Crippen LogP contribution is -2.41. The van der Waals surface area contributed by atoms with Gasteiger partial charge in [-0.2, -0.15) is 0 Å². The highest BCUT2D eigenvalue weighted by Gasteiger charge is 2.26. The fraction of sp³-hybridized carbons (Fsp3) is 0.600. The van der Waals surface area contributed by atoms with E-state index < -0.39 is 0 Å². The number of likely N-dealkylation sites (tertiary alicyclic amines) is 1. The average molecular weight is 245 g/mol. The van der Waals surface area contributed by atoms with Gasteiger partial charge in [-0.3, -0.25) is 0 Å². The molecule has 0 saturated carbocycles. The number of hydrogen-bond donors (Lipinski definition) is 2. The van der Waals surface area contributed by atoms with Crippen molar-refractivity contribution < 1.29 is 0 Å². The van der Waals surface area contributed by atoms with E-state index >= 15 is 0 Å². The molecule has 0 amide bonds. The third kappa shape index (κ3) is 2.38. The predicted octanol–water partition coefficient (Wildman–Crippen LogP) is 1.94. The number of nitrogens with one attached hydrogen (secondary N) is 1. The van der Waals surface area contributed by atoms with Crippen molar-refractivity contribution in [2.45, 2.75) is 37.8 Å². The largest absolute Gasteiger partial charge is 0.399 e. The van der Waals surface area contributed by atoms with E-state index in [0.29, 0.717) is 12.1 Å². The number of nitrogen functional groups attached to an aromatic ring is 1. The Balaban J connectivity index is 1.66. The molecule has 3 N–H and O–H groups in total. The van der Waals surface area contributed by atoms with Crippen molar-refractivity contribution in [2.24, 2.45) is 0 Å². The van der Waals surface area contributed by atoms with Crippen LogP contribution < -0.4 is 11.1 Å². The average Bonchev–Trinajstić information content (AvgIpc) is 2.74. The molecule has 1 heterocycles. The minimum absolute atomic E-state index is 0.550. The Kier molecular flexibility index (Phi) is 3.27. The van der Waals surface area contributed by atoms with E-state index in [1.165, 1.54) is 49.9 Å². The maximum atomic E-state index is 5.85. The number of hydrogen-bond acceptors (Lipinski definition) is 3. The van der Waals surface area contributed by atoms with Gasteiger partial charge in [0.15, 0.2) is 0 Å². The van der Waals surface area contributed by atoms with Crippen molar-refractivity contribution in [1.82, 2.24) is 10.2 Å². The number of nitrogens with two attached hydrogens (primary N) is 1. The lowest BCUT2D eigenvalue weighted by atomic mass is 10.0. The number of aryl methyl sites for hydroxylation is 1. The molecule has 3 nitrogen and oxygen atoms in total. The van der Waals surface area contributed by atoms with Crippen molar-refractivity contribution in [2.75, 3.05) is 25.9 Å². The quantitative estimate of drug-likeness (QED) is 0.782. The van der Waals surface area contributed by atoms with Crippen molar-refractivity contribution in [3.63, 3.8) is 0 Å². The van der Waals surface area contributed by atoms with Crippen LogP contribution in [0.1, 0.15) is 36.4 Å². The lowest BCUT2D eigenvalue weighted by Gasteiger charge is -2.31. The van der Waals surface area contributed by atoms with Gasteiger partial charge in [0.2, 0.25) is 0 Å². The number of piperidine rings is 1. The van der Waals surface area contributed by atoms with Crippen molar-refractivity contribution >= 4 is 5.69 Å². The highest BCUT2D eigenvalue weighted by Crippen LogP contribution is 2.33. The van der Waals surface area contributed by atoms with Crippen LogP contribution in [-0.2, 0) is 6.42 Å². The molecule has 18 heavy (non-hydrogen) atoms. The molecule has 0 spiro atoms. The Morgan fingerprint density at radius 1 is 1.22 bits per heavy atom. The monoisotopic (exact) mass is 245 g/mol. The number of fused-ring (bicyclic) bond motifs is 1. The van der Waals surface area contributed by atoms with Gasteiger partial charge in [0, 0.05) is 17.8 Å². The molecule has 1 aromatic rings. The molecular weight excluding hydrogens is 222 g/mol. The molecular formula is C15H23N3. The first kappa shape index (κ1) is 12.0. The van der Waals surface area contributed by atoms with Crippen molar-refractivity contribution in [3.8, 4) is 0 Å². The van der Waals surface area contributed by atoms with Gasteiger partial charge < -0.3 is 16.0 Å². The molecule has 1 saturated heterocycles. The van der Waals surface area contributed by atoms with Crippen molar-refractivity contribution in [1.29, 1.82) is 0 Å². The second-order valence-corrected chi connectivity index (χ2v) is 5.79. The van der Waals surface area contributed by atoms with Gasteiger partial charge in [-0.15, -0.1) is 0 Å². The lowest BCUT2D eigenvalue weighted by molar-refractivity contribution is 0.224. The van der Waals surface area contributed by atoms with Gasteiger partial charge in [-0.25, -0.2) is 0 Å². The Bertz CT molecular complexity index is 422. The topological polar surface area (TPSA) is 41.3 Å². The van der Waals surface area contributed by atoms with Crippen LogP contribution in [0.4, 0.5) is 5.69 Å². The van der Waals surface area contributed by atoms with Crippen LogP contribution >= 0.6 is 0 Å². The zero-order chi connectivity index (χ0) is 12.5. The molecule has 1 aliphatic heterocycles. The second-order valence-electron chi connectivity index (χ2n) is 5.79. The molecule has 1 aliphatic carbocycles. The van der Waals surface area contributed by atoms with Crippen LogP contribution in [-0.4, -0.2) is 31.1 Å². The number of benzene rings is 1. The SMILES string of the molecule is CN1CCC(NC2CCc3cc(N)ccc32)CC1. The molecule has 0 bridgehead atoms. The highest BCUT2D eigenvalue weighted by molar-refractivity contribution is 5.47. The molecule has 1 aromatic carbocycles. The van der Waals surface area contributed by atoms with E-state index in [1.807, 2.05) is 6.07 Å². The fourth-order valence-corrected chi connectivity index (χ4v) is 3.27. The van der Waals surface area contributed by atoms with Gasteiger partial charge in [-0.05, 0) is 69.1 Å². The Hall–Kier alpha value is -1.06. The summed E-state index contributed by atoms with van der Waals surface area (Å²) in [7, 11) is 2.21. The highest BCUT2D eigenvalue weighted by atomic mass is 15.1. The van der Waals surface area contributed by atoms with Gasteiger partial charge >= 0.3 is 0 Å². The van der Waals surface area contributed by atoms with Crippen LogP contribution in [0.3, 0.4) is 0 Å². The van der Waals surface area contributed by atoms with E-state index in [2.05, 4.69) is 29.4 Å². The zero-order valence-electron chi connectivity index (χ0n) is 11.2. The van der Waals surface area contributed by atoms with E-state index in [0.717, 1.165) is 5.69 Å². The molecule has 0 aromatic heterocycles. The predicted molar refractivity (Wildman–Crippen MR) is 75.6 cm³/mol. The normalized spacial score (nSPS) is 25.3. The van der Waals surface area contributed by atoms with Gasteiger partial charge in [0.1, 0.15) is 0 Å². The Labute approximate surface area is 109 Å². The minimum atomic E-state index is 0.550. The molecule has 1 fully saturated rings. The van der Waals surface area contributed by atoms with E-state index in [-0.39, 0.29) is 0 Å². The van der Waals surface area contributed by atoms with Crippen LogP contribution in [0.2, 0.25) is 0 Å². The molecule has 1 atom stereocenters. The first-order chi connectivity index (χ1) is 8.72. The first-order valence-electron chi connectivity index (χ1n) is 7.05. The summed E-state index contributed by atoms with van der Waals surface area (Å²) in [5.74, 6) is 0. The van der Waals surface area contributed by atoms with Gasteiger partial charge in [0.25, 0.3) is 0 Å². The molecule has 3 heteroatoms. The maximum absolute atomic E-state index is 5.85. The van der Waals surface area contributed by atoms with E-state index in [1.54, 1.807) is 0 Å². The summed E-state index contributed by atoms with van der Waals surface area (Å²) < 4.78 is 0. The fourth-order valence-electron chi connectivity index (χ4n) is 3.27. The van der Waals surface area contributed by atoms with E-state index in [4.69, 9.17) is 5.73 Å². The second kappa shape index (κ2) is 4.90. The summed E-state index contributed by atoms with van der Waals surface area (Å²) >= 11 is 0. The Morgan fingerprint density at radius 2 is 2.00 bits per heavy atom. The first-order valence-corrected chi connectivity index (χ1v) is 7.05. The third-order valence-corrected chi connectivity index (χ3v) is 4.40. The van der Waals surface area contributed by atoms with Crippen LogP contribution in [0.5, 0.6) is 0 Å². The number of nitrogens with zero attached hydrogens (tertiary/aromatic N) is 1. The van der Waals surface area contributed by atoms with E-state index in [9.17, 15) is 0 Å². The number of anilines is 1. The summed E-state index contributed by atoms with van der Waals surface area (Å²) in [6.45, 7) is 2.44. The van der Waals surface area contributed by atoms with Gasteiger partial charge in [0.05, 0.1) is 0 Å². The minimum Gasteiger partial charge on any atom is -0.399 e. The van der Waals surface area contributed by atoms with Gasteiger partial charge in [-0.1, -0.05) is 6.07 Å². The maximum Gasteiger partial charge on any atom is 0.0328 e. The summed E-state index contributed by atoms with van der Waals surface area (Å²) in [5.41, 5.74) is 9.67. The molecule has 3 rings (SSSR count). The molecule has 98 valence electrons. The summed E-state index contributed by atoms with van der Waals surface area (Å²) in [6.07, 6.45) is 4.95. The smallest absolute Gasteiger partial charge is 0.0328 e.